The number of fused-ring (bicyclic) bond motifs is 2. The number of hydrogen-bond donors (Lipinski definition) is 0. The average Bonchev–Trinajstić information content (AvgIpc) is 3.19. The van der Waals surface area contributed by atoms with E-state index in [2.05, 4.69) is 122 Å². The Morgan fingerprint density at radius 2 is 0.919 bits per heavy atom. The van der Waals surface area contributed by atoms with Crippen molar-refractivity contribution in [3.8, 4) is 5.69 Å². The van der Waals surface area contributed by atoms with Gasteiger partial charge in [-0.05, 0) is 85.4 Å². The molecule has 0 fully saturated rings. The van der Waals surface area contributed by atoms with E-state index in [1.54, 1.807) is 0 Å². The van der Waals surface area contributed by atoms with E-state index in [0.29, 0.717) is 0 Å². The molecule has 172 valence electrons. The van der Waals surface area contributed by atoms with Gasteiger partial charge in [-0.3, -0.25) is 0 Å². The standard InChI is InChI=1S/C36H23N/c1-20-21(2)37(31-18-15-26-10-9-22-5-3-7-24-13-16-28(31)34(26)32(22)24)36-29-17-14-25-8-4-6-23-11-12-27(19-30(20)36)35(29)33(23)25/h3-19H,1-2H3. The summed E-state index contributed by atoms with van der Waals surface area (Å²) in [4.78, 5) is 0. The molecule has 8 aromatic carbocycles. The van der Waals surface area contributed by atoms with Gasteiger partial charge in [0.1, 0.15) is 0 Å². The first-order valence-electron chi connectivity index (χ1n) is 13.0. The molecular weight excluding hydrogens is 446 g/mol. The number of hydrogen-bond acceptors (Lipinski definition) is 0. The molecule has 0 N–H and O–H groups in total. The minimum absolute atomic E-state index is 1.26. The Bertz CT molecular complexity index is 2330. The third-order valence-corrected chi connectivity index (χ3v) is 8.87. The first-order chi connectivity index (χ1) is 18.2. The van der Waals surface area contributed by atoms with Gasteiger partial charge in [0.25, 0.3) is 0 Å². The molecule has 9 rings (SSSR count). The quantitative estimate of drug-likeness (QED) is 0.211. The highest BCUT2D eigenvalue weighted by atomic mass is 15.0. The van der Waals surface area contributed by atoms with E-state index in [4.69, 9.17) is 0 Å². The van der Waals surface area contributed by atoms with Crippen molar-refractivity contribution in [2.75, 3.05) is 0 Å². The van der Waals surface area contributed by atoms with Crippen molar-refractivity contribution in [2.45, 2.75) is 13.8 Å². The second kappa shape index (κ2) is 6.57. The summed E-state index contributed by atoms with van der Waals surface area (Å²) in [6.45, 7) is 4.56. The summed E-state index contributed by atoms with van der Waals surface area (Å²) in [5, 5.41) is 17.3. The molecule has 0 aliphatic rings. The fraction of sp³-hybridized carbons (Fsp3) is 0.0556. The number of benzene rings is 8. The Hall–Kier alpha value is -4.62. The summed E-state index contributed by atoms with van der Waals surface area (Å²) in [7, 11) is 0. The van der Waals surface area contributed by atoms with Crippen LogP contribution in [0.5, 0.6) is 0 Å². The molecule has 1 heteroatoms. The van der Waals surface area contributed by atoms with Crippen molar-refractivity contribution >= 4 is 75.5 Å². The first-order valence-corrected chi connectivity index (χ1v) is 13.0. The molecule has 1 aromatic heterocycles. The van der Waals surface area contributed by atoms with E-state index in [0.717, 1.165) is 0 Å². The van der Waals surface area contributed by atoms with Crippen LogP contribution in [0, 0.1) is 13.8 Å². The van der Waals surface area contributed by atoms with Crippen molar-refractivity contribution in [3.05, 3.63) is 114 Å². The normalized spacial score (nSPS) is 12.6. The smallest absolute Gasteiger partial charge is 0.0613 e. The Kier molecular flexibility index (Phi) is 3.47. The van der Waals surface area contributed by atoms with E-state index in [1.165, 1.54) is 92.5 Å². The molecule has 0 atom stereocenters. The summed E-state index contributed by atoms with van der Waals surface area (Å²) in [5.41, 5.74) is 5.23. The highest BCUT2D eigenvalue weighted by molar-refractivity contribution is 6.29. The van der Waals surface area contributed by atoms with Crippen LogP contribution < -0.4 is 0 Å². The molecule has 0 saturated carbocycles. The van der Waals surface area contributed by atoms with Crippen LogP contribution in [-0.2, 0) is 0 Å². The van der Waals surface area contributed by atoms with Crippen LogP contribution in [0.2, 0.25) is 0 Å². The highest BCUT2D eigenvalue weighted by Gasteiger charge is 2.21. The van der Waals surface area contributed by atoms with Crippen molar-refractivity contribution in [2.24, 2.45) is 0 Å². The van der Waals surface area contributed by atoms with Gasteiger partial charge in [0.05, 0.1) is 11.2 Å². The lowest BCUT2D eigenvalue weighted by molar-refractivity contribution is 1.05. The summed E-state index contributed by atoms with van der Waals surface area (Å²) in [6.07, 6.45) is 0. The van der Waals surface area contributed by atoms with Crippen LogP contribution in [0.1, 0.15) is 11.3 Å². The molecule has 9 aromatic rings. The third-order valence-electron chi connectivity index (χ3n) is 8.87. The Balaban J connectivity index is 1.51. The van der Waals surface area contributed by atoms with E-state index >= 15 is 0 Å². The zero-order valence-electron chi connectivity index (χ0n) is 20.8. The SMILES string of the molecule is Cc1c(C)n(-c2ccc3ccc4cccc5ccc2c3c45)c2c1cc1ccc3cccc4ccc2c1c34. The average molecular weight is 470 g/mol. The Morgan fingerprint density at radius 3 is 1.57 bits per heavy atom. The van der Waals surface area contributed by atoms with Gasteiger partial charge in [-0.2, -0.15) is 0 Å². The van der Waals surface area contributed by atoms with Crippen molar-refractivity contribution < 1.29 is 0 Å². The minimum atomic E-state index is 1.26. The number of rotatable bonds is 1. The molecule has 0 aliphatic carbocycles. The van der Waals surface area contributed by atoms with Gasteiger partial charge in [-0.1, -0.05) is 91.0 Å². The molecule has 0 radical (unpaired) electrons. The topological polar surface area (TPSA) is 4.93 Å². The molecular formula is C36H23N. The second-order valence-electron chi connectivity index (χ2n) is 10.6. The maximum Gasteiger partial charge on any atom is 0.0613 e. The first kappa shape index (κ1) is 19.6. The molecule has 0 saturated heterocycles. The molecule has 0 aliphatic heterocycles. The molecule has 0 unspecified atom stereocenters. The number of nitrogens with zero attached hydrogens (tertiary/aromatic N) is 1. The van der Waals surface area contributed by atoms with E-state index in [-0.39, 0.29) is 0 Å². The zero-order chi connectivity index (χ0) is 24.4. The lowest BCUT2D eigenvalue weighted by Crippen LogP contribution is -1.99. The minimum Gasteiger partial charge on any atom is -0.312 e. The maximum atomic E-state index is 2.53. The van der Waals surface area contributed by atoms with E-state index in [9.17, 15) is 0 Å². The summed E-state index contributed by atoms with van der Waals surface area (Å²) in [5.74, 6) is 0. The van der Waals surface area contributed by atoms with Crippen LogP contribution in [0.4, 0.5) is 0 Å². The molecule has 1 nitrogen and oxygen atoms in total. The van der Waals surface area contributed by atoms with Crippen LogP contribution in [-0.4, -0.2) is 4.57 Å². The number of aryl methyl sites for hydroxylation is 1. The predicted octanol–water partition coefficient (Wildman–Crippen LogP) is 10.0. The Morgan fingerprint density at radius 1 is 0.432 bits per heavy atom. The summed E-state index contributed by atoms with van der Waals surface area (Å²) >= 11 is 0. The second-order valence-corrected chi connectivity index (χ2v) is 10.6. The largest absolute Gasteiger partial charge is 0.312 e. The van der Waals surface area contributed by atoms with Gasteiger partial charge < -0.3 is 4.57 Å². The molecule has 0 amide bonds. The van der Waals surface area contributed by atoms with E-state index in [1.807, 2.05) is 0 Å². The number of aromatic nitrogens is 1. The zero-order valence-corrected chi connectivity index (χ0v) is 20.8. The predicted molar refractivity (Wildman–Crippen MR) is 160 cm³/mol. The van der Waals surface area contributed by atoms with Crippen LogP contribution in [0.25, 0.3) is 81.2 Å². The monoisotopic (exact) mass is 469 g/mol. The van der Waals surface area contributed by atoms with Gasteiger partial charge in [-0.25, -0.2) is 0 Å². The van der Waals surface area contributed by atoms with Gasteiger partial charge in [0.15, 0.2) is 0 Å². The third kappa shape index (κ3) is 2.31. The van der Waals surface area contributed by atoms with Crippen molar-refractivity contribution in [1.29, 1.82) is 0 Å². The van der Waals surface area contributed by atoms with Crippen LogP contribution in [0.3, 0.4) is 0 Å². The van der Waals surface area contributed by atoms with Crippen LogP contribution >= 0.6 is 0 Å². The van der Waals surface area contributed by atoms with E-state index < -0.39 is 0 Å². The summed E-state index contributed by atoms with van der Waals surface area (Å²) in [6, 6.07) is 38.7. The lowest BCUT2D eigenvalue weighted by Gasteiger charge is -2.18. The fourth-order valence-electron chi connectivity index (χ4n) is 7.07. The fourth-order valence-corrected chi connectivity index (χ4v) is 7.07. The summed E-state index contributed by atoms with van der Waals surface area (Å²) < 4.78 is 2.53. The lowest BCUT2D eigenvalue weighted by atomic mass is 9.92. The van der Waals surface area contributed by atoms with Gasteiger partial charge in [-0.15, -0.1) is 0 Å². The van der Waals surface area contributed by atoms with Gasteiger partial charge in [0.2, 0.25) is 0 Å². The van der Waals surface area contributed by atoms with Crippen molar-refractivity contribution in [3.63, 3.8) is 0 Å². The van der Waals surface area contributed by atoms with Crippen molar-refractivity contribution in [1.82, 2.24) is 4.57 Å². The molecule has 37 heavy (non-hydrogen) atoms. The highest BCUT2D eigenvalue weighted by Crippen LogP contribution is 2.44. The molecule has 1 heterocycles. The Labute approximate surface area is 213 Å². The molecule has 0 bridgehead atoms. The maximum absolute atomic E-state index is 2.53. The van der Waals surface area contributed by atoms with Gasteiger partial charge in [0, 0.05) is 21.9 Å². The molecule has 0 spiro atoms. The van der Waals surface area contributed by atoms with Crippen LogP contribution in [0.15, 0.2) is 103 Å². The van der Waals surface area contributed by atoms with Gasteiger partial charge >= 0.3 is 0 Å².